The molecular formula is C63H41NO2. The fraction of sp³-hybridized carbons (Fsp3) is 0.0159. The van der Waals surface area contributed by atoms with Gasteiger partial charge in [0.05, 0.1) is 5.39 Å². The van der Waals surface area contributed by atoms with E-state index in [4.69, 9.17) is 9.15 Å². The molecule has 0 saturated carbocycles. The summed E-state index contributed by atoms with van der Waals surface area (Å²) in [5, 5.41) is 0.925. The molecule has 3 nitrogen and oxygen atoms in total. The van der Waals surface area contributed by atoms with Crippen molar-refractivity contribution >= 4 is 28.0 Å². The Hall–Kier alpha value is -8.66. The van der Waals surface area contributed by atoms with Crippen LogP contribution in [0.5, 0.6) is 11.5 Å². The number of fused-ring (bicyclic) bond motifs is 11. The van der Waals surface area contributed by atoms with E-state index in [9.17, 15) is 0 Å². The van der Waals surface area contributed by atoms with E-state index in [0.29, 0.717) is 0 Å². The first kappa shape index (κ1) is 37.9. The maximum absolute atomic E-state index is 7.10. The smallest absolute Gasteiger partial charge is 0.178 e. The molecule has 0 saturated heterocycles. The summed E-state index contributed by atoms with van der Waals surface area (Å²) in [5.74, 6) is 2.39. The molecule has 13 rings (SSSR count). The Balaban J connectivity index is 0.930. The molecule has 1 aliphatic heterocycles. The van der Waals surface area contributed by atoms with Crippen LogP contribution in [0.15, 0.2) is 253 Å². The van der Waals surface area contributed by atoms with Gasteiger partial charge in [0.15, 0.2) is 11.5 Å². The third kappa shape index (κ3) is 5.98. The molecule has 2 heterocycles. The normalized spacial score (nSPS) is 12.8. The van der Waals surface area contributed by atoms with Crippen LogP contribution in [0.25, 0.3) is 66.6 Å². The van der Waals surface area contributed by atoms with Crippen molar-refractivity contribution in [3.63, 3.8) is 0 Å². The molecule has 0 amide bonds. The zero-order valence-electron chi connectivity index (χ0n) is 35.9. The number of furan rings is 1. The first-order valence-corrected chi connectivity index (χ1v) is 22.6. The molecule has 10 aromatic carbocycles. The Morgan fingerprint density at radius 1 is 0.318 bits per heavy atom. The Morgan fingerprint density at radius 3 is 1.18 bits per heavy atom. The predicted molar refractivity (Wildman–Crippen MR) is 270 cm³/mol. The van der Waals surface area contributed by atoms with Gasteiger partial charge in [0, 0.05) is 22.6 Å². The van der Waals surface area contributed by atoms with E-state index in [2.05, 4.69) is 254 Å². The molecule has 0 fully saturated rings. The molecule has 1 aliphatic carbocycles. The van der Waals surface area contributed by atoms with Crippen molar-refractivity contribution < 1.29 is 9.15 Å². The van der Waals surface area contributed by atoms with Crippen molar-refractivity contribution in [1.29, 1.82) is 0 Å². The summed E-state index contributed by atoms with van der Waals surface area (Å²) in [4.78, 5) is 2.33. The van der Waals surface area contributed by atoms with Crippen molar-refractivity contribution in [2.75, 3.05) is 4.90 Å². The minimum absolute atomic E-state index is 0.680. The van der Waals surface area contributed by atoms with Gasteiger partial charge in [0.2, 0.25) is 0 Å². The maximum atomic E-state index is 7.10. The highest BCUT2D eigenvalue weighted by atomic mass is 16.5. The van der Waals surface area contributed by atoms with Gasteiger partial charge in [-0.25, -0.2) is 0 Å². The molecule has 0 bridgehead atoms. The van der Waals surface area contributed by atoms with Gasteiger partial charge in [-0.05, 0) is 115 Å². The number of hydrogen-bond acceptors (Lipinski definition) is 3. The second kappa shape index (κ2) is 15.3. The zero-order chi connectivity index (χ0) is 43.6. The Kier molecular flexibility index (Phi) is 8.75. The average molecular weight is 844 g/mol. The van der Waals surface area contributed by atoms with Gasteiger partial charge in [-0.2, -0.15) is 0 Å². The summed E-state index contributed by atoms with van der Waals surface area (Å²) in [6, 6.07) is 88.9. The molecule has 0 unspecified atom stereocenters. The lowest BCUT2D eigenvalue weighted by molar-refractivity contribution is 0.389. The first-order valence-electron chi connectivity index (χ1n) is 22.6. The van der Waals surface area contributed by atoms with Crippen LogP contribution in [0.1, 0.15) is 22.5 Å². The summed E-state index contributed by atoms with van der Waals surface area (Å²) in [5.41, 5.74) is 18.6. The fourth-order valence-corrected chi connectivity index (χ4v) is 10.4. The molecule has 1 aromatic heterocycles. The van der Waals surface area contributed by atoms with Crippen LogP contribution in [0, 0.1) is 0 Å². The number of anilines is 3. The Bertz CT molecular complexity index is 3400. The number of nitrogens with zero attached hydrogens (tertiary/aromatic N) is 1. The molecule has 66 heavy (non-hydrogen) atoms. The van der Waals surface area contributed by atoms with Crippen LogP contribution in [-0.4, -0.2) is 0 Å². The third-order valence-electron chi connectivity index (χ3n) is 13.6. The largest absolute Gasteiger partial charge is 0.455 e. The van der Waals surface area contributed by atoms with Crippen LogP contribution in [0.3, 0.4) is 0 Å². The molecule has 310 valence electrons. The lowest BCUT2D eigenvalue weighted by Crippen LogP contribution is -2.31. The highest BCUT2D eigenvalue weighted by Gasteiger charge is 2.54. The van der Waals surface area contributed by atoms with Gasteiger partial charge < -0.3 is 14.1 Å². The first-order chi connectivity index (χ1) is 32.7. The third-order valence-corrected chi connectivity index (χ3v) is 13.6. The van der Waals surface area contributed by atoms with Gasteiger partial charge in [-0.1, -0.05) is 200 Å². The molecule has 0 atom stereocenters. The summed E-state index contributed by atoms with van der Waals surface area (Å²) in [6.45, 7) is 0. The van der Waals surface area contributed by atoms with E-state index in [0.717, 1.165) is 62.0 Å². The van der Waals surface area contributed by atoms with Crippen LogP contribution in [0.4, 0.5) is 17.1 Å². The highest BCUT2D eigenvalue weighted by molar-refractivity contribution is 5.96. The van der Waals surface area contributed by atoms with E-state index >= 15 is 0 Å². The lowest BCUT2D eigenvalue weighted by Gasteiger charge is -2.36. The van der Waals surface area contributed by atoms with Gasteiger partial charge in [-0.15, -0.1) is 0 Å². The quantitative estimate of drug-likeness (QED) is 0.160. The van der Waals surface area contributed by atoms with E-state index < -0.39 is 5.41 Å². The van der Waals surface area contributed by atoms with Crippen molar-refractivity contribution in [1.82, 2.24) is 0 Å². The summed E-state index contributed by atoms with van der Waals surface area (Å²) < 4.78 is 14.1. The Morgan fingerprint density at radius 2 is 0.697 bits per heavy atom. The van der Waals surface area contributed by atoms with E-state index in [-0.39, 0.29) is 0 Å². The van der Waals surface area contributed by atoms with Crippen LogP contribution < -0.4 is 9.64 Å². The van der Waals surface area contributed by atoms with Crippen molar-refractivity contribution in [3.8, 4) is 67.1 Å². The number of rotatable bonds is 7. The molecule has 1 spiro atoms. The van der Waals surface area contributed by atoms with E-state index in [1.165, 1.54) is 55.6 Å². The number of para-hydroxylation sites is 1. The molecule has 3 heteroatoms. The number of benzene rings is 10. The topological polar surface area (TPSA) is 25.6 Å². The molecule has 2 aliphatic rings. The maximum Gasteiger partial charge on any atom is 0.178 e. The van der Waals surface area contributed by atoms with E-state index in [1.54, 1.807) is 0 Å². The summed E-state index contributed by atoms with van der Waals surface area (Å²) in [6.07, 6.45) is 0. The van der Waals surface area contributed by atoms with Crippen molar-refractivity contribution in [2.24, 2.45) is 0 Å². The average Bonchev–Trinajstić information content (AvgIpc) is 3.91. The van der Waals surface area contributed by atoms with Crippen LogP contribution >= 0.6 is 0 Å². The molecule has 0 radical (unpaired) electrons. The Labute approximate surface area is 384 Å². The second-order valence-corrected chi connectivity index (χ2v) is 17.2. The highest BCUT2D eigenvalue weighted by Crippen LogP contribution is 2.64. The van der Waals surface area contributed by atoms with Gasteiger partial charge >= 0.3 is 0 Å². The molecule has 0 N–H and O–H groups in total. The standard InChI is InChI=1S/C63H41NO2/c1-3-13-42(14-4-1)44-23-27-46(28-24-44)48-31-35-50(36-32-48)64(51-37-33-49(34-38-51)47-29-25-45(26-30-47)43-15-5-2-6-16-43)52-39-40-59-55(41-52)61-62(66-59)63(58-21-11-12-22-60(58)65-61)56-19-9-7-17-53(56)54-18-8-10-20-57(54)63/h1-41H. The van der Waals surface area contributed by atoms with Crippen molar-refractivity contribution in [3.05, 3.63) is 271 Å². The van der Waals surface area contributed by atoms with Crippen LogP contribution in [0.2, 0.25) is 0 Å². The summed E-state index contributed by atoms with van der Waals surface area (Å²) >= 11 is 0. The molecule has 11 aromatic rings. The fourth-order valence-electron chi connectivity index (χ4n) is 10.4. The monoisotopic (exact) mass is 843 g/mol. The van der Waals surface area contributed by atoms with Crippen molar-refractivity contribution in [2.45, 2.75) is 5.41 Å². The minimum Gasteiger partial charge on any atom is -0.455 e. The SMILES string of the molecule is c1ccc(-c2ccc(-c3ccc(N(c4ccc(-c5ccc(-c6ccccc6)cc5)cc4)c4ccc5oc6c(c5c4)Oc4ccccc4C64c5ccccc5-c5ccccc54)cc3)cc2)cc1. The lowest BCUT2D eigenvalue weighted by atomic mass is 9.69. The van der Waals surface area contributed by atoms with Crippen LogP contribution in [-0.2, 0) is 5.41 Å². The summed E-state index contributed by atoms with van der Waals surface area (Å²) in [7, 11) is 0. The zero-order valence-corrected chi connectivity index (χ0v) is 35.9. The van der Waals surface area contributed by atoms with Gasteiger partial charge in [0.25, 0.3) is 0 Å². The minimum atomic E-state index is -0.680. The van der Waals surface area contributed by atoms with Gasteiger partial charge in [0.1, 0.15) is 16.7 Å². The number of hydrogen-bond donors (Lipinski definition) is 0. The van der Waals surface area contributed by atoms with E-state index in [1.807, 2.05) is 0 Å². The second-order valence-electron chi connectivity index (χ2n) is 17.2. The number of ether oxygens (including phenoxy) is 1. The predicted octanol–water partition coefficient (Wildman–Crippen LogP) is 17.0. The molecular weight excluding hydrogens is 803 g/mol. The van der Waals surface area contributed by atoms with Gasteiger partial charge in [-0.3, -0.25) is 0 Å².